The van der Waals surface area contributed by atoms with Gasteiger partial charge in [0.05, 0.1) is 30.2 Å². The number of imidazole rings is 1. The molecule has 3 aromatic heterocycles. The van der Waals surface area contributed by atoms with Crippen LogP contribution in [0.4, 0.5) is 0 Å². The van der Waals surface area contributed by atoms with Crippen molar-refractivity contribution in [2.45, 2.75) is 13.0 Å². The lowest BCUT2D eigenvalue weighted by Crippen LogP contribution is -2.25. The van der Waals surface area contributed by atoms with Crippen molar-refractivity contribution in [2.24, 2.45) is 0 Å². The minimum absolute atomic E-state index is 0.257. The number of carbonyl (C=O) groups is 1. The van der Waals surface area contributed by atoms with E-state index in [-0.39, 0.29) is 11.6 Å². The van der Waals surface area contributed by atoms with Crippen molar-refractivity contribution < 1.29 is 13.9 Å². The van der Waals surface area contributed by atoms with Crippen molar-refractivity contribution in [2.75, 3.05) is 13.2 Å². The molecule has 0 fully saturated rings. The molecular weight excluding hydrogens is 358 g/mol. The van der Waals surface area contributed by atoms with E-state index in [1.165, 1.54) is 6.26 Å². The number of aromatic nitrogens is 4. The third-order valence-electron chi connectivity index (χ3n) is 4.13. The van der Waals surface area contributed by atoms with E-state index >= 15 is 0 Å². The van der Waals surface area contributed by atoms with Gasteiger partial charge < -0.3 is 19.0 Å². The summed E-state index contributed by atoms with van der Waals surface area (Å²) >= 11 is 0. The van der Waals surface area contributed by atoms with Crippen LogP contribution < -0.4 is 10.1 Å². The number of amides is 1. The van der Waals surface area contributed by atoms with E-state index in [0.29, 0.717) is 37.8 Å². The molecule has 0 saturated heterocycles. The Balaban J connectivity index is 1.26. The lowest BCUT2D eigenvalue weighted by Gasteiger charge is -2.05. The van der Waals surface area contributed by atoms with Gasteiger partial charge in [0, 0.05) is 12.7 Å². The van der Waals surface area contributed by atoms with Crippen molar-refractivity contribution in [1.29, 1.82) is 0 Å². The topological polar surface area (TPSA) is 95.1 Å². The molecule has 4 rings (SSSR count). The number of nitrogens with zero attached hydrogens (tertiary/aromatic N) is 4. The van der Waals surface area contributed by atoms with Gasteiger partial charge in [-0.2, -0.15) is 0 Å². The van der Waals surface area contributed by atoms with E-state index in [9.17, 15) is 4.79 Å². The average molecular weight is 377 g/mol. The minimum atomic E-state index is -0.271. The maximum absolute atomic E-state index is 12.2. The molecule has 0 atom stereocenters. The number of fused-ring (bicyclic) bond motifs is 1. The SMILES string of the molecule is O=C(NCCCOc1cccnc1)c1coc(Cn2cnc3ccccc32)n1. The maximum atomic E-state index is 12.2. The largest absolute Gasteiger partial charge is 0.492 e. The maximum Gasteiger partial charge on any atom is 0.273 e. The van der Waals surface area contributed by atoms with Crippen molar-refractivity contribution in [3.63, 3.8) is 0 Å². The van der Waals surface area contributed by atoms with Gasteiger partial charge in [-0.1, -0.05) is 12.1 Å². The van der Waals surface area contributed by atoms with Gasteiger partial charge in [-0.15, -0.1) is 0 Å². The second-order valence-electron chi connectivity index (χ2n) is 6.13. The Kier molecular flexibility index (Phi) is 5.28. The monoisotopic (exact) mass is 377 g/mol. The number of ether oxygens (including phenoxy) is 1. The Labute approximate surface area is 161 Å². The molecule has 3 heterocycles. The van der Waals surface area contributed by atoms with E-state index in [2.05, 4.69) is 20.3 Å². The number of pyridine rings is 1. The standard InChI is InChI=1S/C20H19N5O3/c26-20(22-9-4-10-27-15-5-3-8-21-11-15)17-13-28-19(24-17)12-25-14-23-16-6-1-2-7-18(16)25/h1-3,5-8,11,13-14H,4,9-10,12H2,(H,22,26). The minimum Gasteiger partial charge on any atom is -0.492 e. The zero-order chi connectivity index (χ0) is 19.2. The zero-order valence-electron chi connectivity index (χ0n) is 15.1. The molecule has 0 bridgehead atoms. The summed E-state index contributed by atoms with van der Waals surface area (Å²) in [5.41, 5.74) is 2.15. The number of oxazole rings is 1. The molecule has 0 spiro atoms. The van der Waals surface area contributed by atoms with E-state index in [0.717, 1.165) is 11.0 Å². The Morgan fingerprint density at radius 2 is 2.14 bits per heavy atom. The van der Waals surface area contributed by atoms with Gasteiger partial charge in [-0.25, -0.2) is 9.97 Å². The van der Waals surface area contributed by atoms with Crippen LogP contribution in [-0.4, -0.2) is 38.6 Å². The summed E-state index contributed by atoms with van der Waals surface area (Å²) in [4.78, 5) is 24.8. The molecule has 8 nitrogen and oxygen atoms in total. The number of nitrogens with one attached hydrogen (secondary N) is 1. The van der Waals surface area contributed by atoms with Crippen LogP contribution in [0, 0.1) is 0 Å². The van der Waals surface area contributed by atoms with Crippen LogP contribution in [0.1, 0.15) is 22.8 Å². The molecule has 0 aliphatic heterocycles. The molecule has 0 aliphatic carbocycles. The van der Waals surface area contributed by atoms with Crippen LogP contribution in [-0.2, 0) is 6.54 Å². The normalized spacial score (nSPS) is 10.9. The lowest BCUT2D eigenvalue weighted by atomic mass is 10.3. The quantitative estimate of drug-likeness (QED) is 0.474. The molecular formula is C20H19N5O3. The molecule has 142 valence electrons. The second kappa shape index (κ2) is 8.34. The lowest BCUT2D eigenvalue weighted by molar-refractivity contribution is 0.0946. The number of hydrogen-bond acceptors (Lipinski definition) is 6. The summed E-state index contributed by atoms with van der Waals surface area (Å²) in [5.74, 6) is 0.891. The van der Waals surface area contributed by atoms with Gasteiger partial charge in [-0.3, -0.25) is 9.78 Å². The molecule has 1 N–H and O–H groups in total. The van der Waals surface area contributed by atoms with Crippen molar-refractivity contribution in [3.8, 4) is 5.75 Å². The summed E-state index contributed by atoms with van der Waals surface area (Å²) in [6.07, 6.45) is 7.12. The molecule has 28 heavy (non-hydrogen) atoms. The molecule has 1 amide bonds. The Bertz CT molecular complexity index is 1060. The zero-order valence-corrected chi connectivity index (χ0v) is 15.1. The Morgan fingerprint density at radius 3 is 3.04 bits per heavy atom. The highest BCUT2D eigenvalue weighted by atomic mass is 16.5. The van der Waals surface area contributed by atoms with Crippen LogP contribution in [0.15, 0.2) is 65.8 Å². The first-order valence-electron chi connectivity index (χ1n) is 8.95. The third-order valence-corrected chi connectivity index (χ3v) is 4.13. The predicted octanol–water partition coefficient (Wildman–Crippen LogP) is 2.67. The number of rotatable bonds is 8. The van der Waals surface area contributed by atoms with E-state index in [1.807, 2.05) is 41.0 Å². The first-order valence-corrected chi connectivity index (χ1v) is 8.95. The van der Waals surface area contributed by atoms with Crippen molar-refractivity contribution >= 4 is 16.9 Å². The van der Waals surface area contributed by atoms with E-state index in [4.69, 9.17) is 9.15 Å². The fraction of sp³-hybridized carbons (Fsp3) is 0.200. The molecule has 4 aromatic rings. The van der Waals surface area contributed by atoms with Crippen LogP contribution >= 0.6 is 0 Å². The second-order valence-corrected chi connectivity index (χ2v) is 6.13. The summed E-state index contributed by atoms with van der Waals surface area (Å²) in [5, 5.41) is 2.81. The smallest absolute Gasteiger partial charge is 0.273 e. The van der Waals surface area contributed by atoms with Crippen molar-refractivity contribution in [3.05, 3.63) is 73.0 Å². The fourth-order valence-electron chi connectivity index (χ4n) is 2.76. The van der Waals surface area contributed by atoms with Gasteiger partial charge in [-0.05, 0) is 30.7 Å². The first kappa shape index (κ1) is 17.7. The predicted molar refractivity (Wildman–Crippen MR) is 102 cm³/mol. The van der Waals surface area contributed by atoms with Crippen LogP contribution in [0.2, 0.25) is 0 Å². The molecule has 0 aliphatic rings. The Morgan fingerprint density at radius 1 is 1.21 bits per heavy atom. The number of carbonyl (C=O) groups excluding carboxylic acids is 1. The summed E-state index contributed by atoms with van der Waals surface area (Å²) in [6, 6.07) is 11.5. The number of benzene rings is 1. The van der Waals surface area contributed by atoms with Crippen molar-refractivity contribution in [1.82, 2.24) is 24.8 Å². The first-order chi connectivity index (χ1) is 13.8. The van der Waals surface area contributed by atoms with Gasteiger partial charge in [0.1, 0.15) is 18.6 Å². The van der Waals surface area contributed by atoms with E-state index in [1.54, 1.807) is 18.7 Å². The number of hydrogen-bond donors (Lipinski definition) is 1. The van der Waals surface area contributed by atoms with Crippen LogP contribution in [0.5, 0.6) is 5.75 Å². The summed E-state index contributed by atoms with van der Waals surface area (Å²) in [6.45, 7) is 1.38. The highest BCUT2D eigenvalue weighted by Gasteiger charge is 2.13. The average Bonchev–Trinajstić information content (AvgIpc) is 3.36. The molecule has 1 aromatic carbocycles. The highest BCUT2D eigenvalue weighted by Crippen LogP contribution is 2.14. The molecule has 0 unspecified atom stereocenters. The Hall–Kier alpha value is -3.68. The van der Waals surface area contributed by atoms with Gasteiger partial charge in [0.15, 0.2) is 5.69 Å². The number of para-hydroxylation sites is 2. The third kappa shape index (κ3) is 4.17. The fourth-order valence-corrected chi connectivity index (χ4v) is 2.76. The van der Waals surface area contributed by atoms with Crippen LogP contribution in [0.25, 0.3) is 11.0 Å². The van der Waals surface area contributed by atoms with Crippen LogP contribution in [0.3, 0.4) is 0 Å². The summed E-state index contributed by atoms with van der Waals surface area (Å²) < 4.78 is 12.9. The van der Waals surface area contributed by atoms with E-state index < -0.39 is 0 Å². The van der Waals surface area contributed by atoms with Gasteiger partial charge in [0.2, 0.25) is 5.89 Å². The molecule has 0 radical (unpaired) electrons. The van der Waals surface area contributed by atoms with Gasteiger partial charge in [0.25, 0.3) is 5.91 Å². The molecule has 8 heteroatoms. The highest BCUT2D eigenvalue weighted by molar-refractivity contribution is 5.91. The van der Waals surface area contributed by atoms with Gasteiger partial charge >= 0.3 is 0 Å². The molecule has 0 saturated carbocycles. The summed E-state index contributed by atoms with van der Waals surface area (Å²) in [7, 11) is 0.